The molecule has 4 rings (SSSR count). The largest absolute Gasteiger partial charge is 0.368 e. The minimum atomic E-state index is -0.281. The lowest BCUT2D eigenvalue weighted by Crippen LogP contribution is -2.39. The van der Waals surface area contributed by atoms with Crippen molar-refractivity contribution in [2.75, 3.05) is 11.9 Å². The normalized spacial score (nSPS) is 16.8. The van der Waals surface area contributed by atoms with E-state index in [0.717, 1.165) is 36.3 Å². The van der Waals surface area contributed by atoms with E-state index in [9.17, 15) is 9.59 Å². The second-order valence-corrected chi connectivity index (χ2v) is 7.73. The quantitative estimate of drug-likeness (QED) is 0.637. The van der Waals surface area contributed by atoms with E-state index in [1.165, 1.54) is 0 Å². The van der Waals surface area contributed by atoms with Crippen molar-refractivity contribution in [3.8, 4) is 0 Å². The van der Waals surface area contributed by atoms with E-state index in [4.69, 9.17) is 5.73 Å². The highest BCUT2D eigenvalue weighted by Gasteiger charge is 2.28. The monoisotopic (exact) mass is 407 g/mol. The Hall–Kier alpha value is -3.33. The van der Waals surface area contributed by atoms with Gasteiger partial charge in [0.05, 0.1) is 12.5 Å². The molecule has 1 aliphatic rings. The third kappa shape index (κ3) is 4.30. The molecule has 1 saturated heterocycles. The van der Waals surface area contributed by atoms with Crippen molar-refractivity contribution < 1.29 is 9.59 Å². The Morgan fingerprint density at radius 1 is 1.23 bits per heavy atom. The maximum Gasteiger partial charge on any atom is 0.252 e. The number of benzene rings is 1. The lowest BCUT2D eigenvalue weighted by molar-refractivity contribution is -0.122. The number of aromatic nitrogens is 4. The Bertz CT molecular complexity index is 1110. The molecule has 1 fully saturated rings. The van der Waals surface area contributed by atoms with E-state index in [1.54, 1.807) is 4.52 Å². The van der Waals surface area contributed by atoms with E-state index >= 15 is 0 Å². The average Bonchev–Trinajstić information content (AvgIpc) is 3.28. The maximum atomic E-state index is 12.5. The number of nitrogens with one attached hydrogen (secondary N) is 1. The van der Waals surface area contributed by atoms with Crippen molar-refractivity contribution in [3.05, 3.63) is 53.1 Å². The van der Waals surface area contributed by atoms with Gasteiger partial charge in [-0.2, -0.15) is 4.98 Å². The molecule has 3 N–H and O–H groups in total. The van der Waals surface area contributed by atoms with Gasteiger partial charge in [0.15, 0.2) is 5.82 Å². The highest BCUT2D eigenvalue weighted by molar-refractivity contribution is 5.91. The number of carbonyl (C=O) groups is 2. The second kappa shape index (κ2) is 8.19. The summed E-state index contributed by atoms with van der Waals surface area (Å²) in [5.41, 5.74) is 8.99. The molecule has 3 heterocycles. The zero-order valence-corrected chi connectivity index (χ0v) is 17.1. The predicted octanol–water partition coefficient (Wildman–Crippen LogP) is 1.37. The molecule has 3 aromatic rings. The Labute approximate surface area is 174 Å². The molecule has 156 valence electrons. The molecule has 0 radical (unpaired) electrons. The van der Waals surface area contributed by atoms with Crippen LogP contribution in [-0.4, -0.2) is 48.9 Å². The van der Waals surface area contributed by atoms with Gasteiger partial charge in [-0.1, -0.05) is 12.1 Å². The summed E-state index contributed by atoms with van der Waals surface area (Å²) in [4.78, 5) is 34.9. The van der Waals surface area contributed by atoms with Crippen LogP contribution >= 0.6 is 0 Å². The van der Waals surface area contributed by atoms with Gasteiger partial charge in [0.2, 0.25) is 11.8 Å². The number of hydrogen-bond acceptors (Lipinski definition) is 6. The molecule has 1 aliphatic heterocycles. The molecule has 2 aromatic heterocycles. The fraction of sp³-hybridized carbons (Fsp3) is 0.381. The van der Waals surface area contributed by atoms with Gasteiger partial charge in [-0.15, -0.1) is 5.10 Å². The summed E-state index contributed by atoms with van der Waals surface area (Å²) >= 11 is 0. The highest BCUT2D eigenvalue weighted by Crippen LogP contribution is 2.21. The molecule has 1 aromatic carbocycles. The van der Waals surface area contributed by atoms with Crippen LogP contribution in [0.5, 0.6) is 0 Å². The molecule has 9 heteroatoms. The zero-order valence-electron chi connectivity index (χ0n) is 17.1. The topological polar surface area (TPSA) is 119 Å². The summed E-state index contributed by atoms with van der Waals surface area (Å²) in [6.07, 6.45) is 1.82. The van der Waals surface area contributed by atoms with Gasteiger partial charge in [-0.3, -0.25) is 14.5 Å². The number of primary amides is 1. The summed E-state index contributed by atoms with van der Waals surface area (Å²) in [5, 5.41) is 7.28. The summed E-state index contributed by atoms with van der Waals surface area (Å²) in [7, 11) is 0. The Morgan fingerprint density at radius 2 is 2.07 bits per heavy atom. The van der Waals surface area contributed by atoms with Crippen molar-refractivity contribution in [3.63, 3.8) is 0 Å². The Morgan fingerprint density at radius 3 is 2.87 bits per heavy atom. The number of anilines is 1. The van der Waals surface area contributed by atoms with Gasteiger partial charge in [0.1, 0.15) is 0 Å². The number of hydrogen-bond donors (Lipinski definition) is 2. The number of aryl methyl sites for hydroxylation is 2. The number of nitrogens with two attached hydrogens (primary N) is 1. The zero-order chi connectivity index (χ0) is 21.3. The summed E-state index contributed by atoms with van der Waals surface area (Å²) in [5.74, 6) is 0.434. The number of rotatable bonds is 6. The van der Waals surface area contributed by atoms with E-state index in [-0.39, 0.29) is 24.3 Å². The van der Waals surface area contributed by atoms with Crippen LogP contribution in [0.3, 0.4) is 0 Å². The molecule has 9 nitrogen and oxygen atoms in total. The summed E-state index contributed by atoms with van der Waals surface area (Å²) in [6.45, 7) is 5.29. The average molecular weight is 407 g/mol. The first kappa shape index (κ1) is 20.0. The molecular weight excluding hydrogens is 382 g/mol. The van der Waals surface area contributed by atoms with Gasteiger partial charge < -0.3 is 11.1 Å². The fourth-order valence-electron chi connectivity index (χ4n) is 3.95. The summed E-state index contributed by atoms with van der Waals surface area (Å²) in [6, 6.07) is 9.32. The van der Waals surface area contributed by atoms with Gasteiger partial charge >= 0.3 is 0 Å². The van der Waals surface area contributed by atoms with Crippen LogP contribution in [0, 0.1) is 13.8 Å². The van der Waals surface area contributed by atoms with Crippen LogP contribution in [-0.2, 0) is 22.6 Å². The van der Waals surface area contributed by atoms with Crippen LogP contribution < -0.4 is 11.1 Å². The van der Waals surface area contributed by atoms with Crippen molar-refractivity contribution in [2.45, 2.75) is 45.7 Å². The second-order valence-electron chi connectivity index (χ2n) is 7.73. The van der Waals surface area contributed by atoms with Crippen molar-refractivity contribution in [2.24, 2.45) is 5.73 Å². The molecular formula is C21H25N7O2. The van der Waals surface area contributed by atoms with Crippen LogP contribution in [0.15, 0.2) is 30.3 Å². The SMILES string of the molecule is Cc1cc(C)n2nc(CC(=O)Nc3cccc(CN4CCCC4C(N)=O)c3)nc2n1. The Kier molecular flexibility index (Phi) is 5.45. The van der Waals surface area contributed by atoms with E-state index in [0.29, 0.717) is 23.8 Å². The standard InChI is InChI=1S/C21H25N7O2/c1-13-9-14(2)28-21(23-13)25-18(26-28)11-19(29)24-16-6-3-5-15(10-16)12-27-8-4-7-17(27)20(22)30/h3,5-6,9-10,17H,4,7-8,11-12H2,1-2H3,(H2,22,30)(H,24,29). The number of fused-ring (bicyclic) bond motifs is 1. The van der Waals surface area contributed by atoms with Crippen LogP contribution in [0.4, 0.5) is 5.69 Å². The van der Waals surface area contributed by atoms with Gasteiger partial charge in [0, 0.05) is 23.6 Å². The minimum absolute atomic E-state index is 0.0575. The third-order valence-electron chi connectivity index (χ3n) is 5.27. The first-order valence-electron chi connectivity index (χ1n) is 10.0. The van der Waals surface area contributed by atoms with Gasteiger partial charge in [-0.25, -0.2) is 9.50 Å². The van der Waals surface area contributed by atoms with Crippen LogP contribution in [0.2, 0.25) is 0 Å². The van der Waals surface area contributed by atoms with E-state index in [2.05, 4.69) is 25.3 Å². The smallest absolute Gasteiger partial charge is 0.252 e. The first-order valence-corrected chi connectivity index (χ1v) is 10.0. The van der Waals surface area contributed by atoms with E-state index < -0.39 is 0 Å². The van der Waals surface area contributed by atoms with Crippen molar-refractivity contribution in [1.29, 1.82) is 0 Å². The lowest BCUT2D eigenvalue weighted by Gasteiger charge is -2.22. The molecule has 0 saturated carbocycles. The predicted molar refractivity (Wildman–Crippen MR) is 112 cm³/mol. The highest BCUT2D eigenvalue weighted by atomic mass is 16.2. The van der Waals surface area contributed by atoms with E-state index in [1.807, 2.05) is 44.2 Å². The van der Waals surface area contributed by atoms with Gasteiger partial charge in [0.25, 0.3) is 5.78 Å². The minimum Gasteiger partial charge on any atom is -0.368 e. The first-order chi connectivity index (χ1) is 14.4. The molecule has 1 atom stereocenters. The molecule has 2 amide bonds. The summed E-state index contributed by atoms with van der Waals surface area (Å²) < 4.78 is 1.64. The number of nitrogens with zero attached hydrogens (tertiary/aromatic N) is 5. The van der Waals surface area contributed by atoms with Crippen molar-refractivity contribution in [1.82, 2.24) is 24.5 Å². The van der Waals surface area contributed by atoms with Crippen LogP contribution in [0.1, 0.15) is 35.6 Å². The lowest BCUT2D eigenvalue weighted by atomic mass is 10.1. The third-order valence-corrected chi connectivity index (χ3v) is 5.27. The van der Waals surface area contributed by atoms with Crippen molar-refractivity contribution >= 4 is 23.3 Å². The Balaban J connectivity index is 1.42. The maximum absolute atomic E-state index is 12.5. The molecule has 0 spiro atoms. The number of likely N-dealkylation sites (tertiary alicyclic amines) is 1. The van der Waals surface area contributed by atoms with Crippen LogP contribution in [0.25, 0.3) is 5.78 Å². The fourth-order valence-corrected chi connectivity index (χ4v) is 3.95. The molecule has 30 heavy (non-hydrogen) atoms. The number of amides is 2. The molecule has 0 aliphatic carbocycles. The molecule has 1 unspecified atom stereocenters. The van der Waals surface area contributed by atoms with Gasteiger partial charge in [-0.05, 0) is 57.0 Å². The number of carbonyl (C=O) groups excluding carboxylic acids is 2. The molecule has 0 bridgehead atoms.